The molecule has 0 spiro atoms. The smallest absolute Gasteiger partial charge is 0.271 e. The highest BCUT2D eigenvalue weighted by Gasteiger charge is 2.44. The molecule has 1 unspecified atom stereocenters. The van der Waals surface area contributed by atoms with Crippen LogP contribution in [0.25, 0.3) is 0 Å². The number of hydrogen-bond donors (Lipinski definition) is 0. The van der Waals surface area contributed by atoms with Crippen LogP contribution in [0.4, 0.5) is 0 Å². The number of aliphatic imine (C=N–C) groups is 1. The topological polar surface area (TPSA) is 35.9 Å². The van der Waals surface area contributed by atoms with Crippen molar-refractivity contribution in [3.8, 4) is 0 Å². The molecule has 0 aliphatic carbocycles. The summed E-state index contributed by atoms with van der Waals surface area (Å²) in [7, 11) is 2.02. The Bertz CT molecular complexity index is 957. The number of amides is 1. The number of benzene rings is 2. The average Bonchev–Trinajstić information content (AvgIpc) is 2.86. The maximum absolute atomic E-state index is 13.7. The second kappa shape index (κ2) is 7.86. The lowest BCUT2D eigenvalue weighted by molar-refractivity contribution is -0.129. The minimum Gasteiger partial charge on any atom is -0.368 e. The van der Waals surface area contributed by atoms with Gasteiger partial charge in [0.15, 0.2) is 0 Å². The number of hydrogen-bond acceptors (Lipinski definition) is 3. The van der Waals surface area contributed by atoms with E-state index >= 15 is 0 Å². The molecule has 150 valence electrons. The molecule has 2 aromatic rings. The maximum atomic E-state index is 13.7. The van der Waals surface area contributed by atoms with E-state index in [1.54, 1.807) is 0 Å². The monoisotopic (exact) mass is 387 g/mol. The van der Waals surface area contributed by atoms with E-state index < -0.39 is 0 Å². The van der Waals surface area contributed by atoms with Gasteiger partial charge in [-0.3, -0.25) is 9.79 Å². The molecule has 0 aromatic heterocycles. The summed E-state index contributed by atoms with van der Waals surface area (Å²) in [6.07, 6.45) is 0. The summed E-state index contributed by atoms with van der Waals surface area (Å²) in [6, 6.07) is 18.7. The van der Waals surface area contributed by atoms with Gasteiger partial charge in [-0.15, -0.1) is 0 Å². The van der Waals surface area contributed by atoms with E-state index in [-0.39, 0.29) is 17.9 Å². The van der Waals surface area contributed by atoms with Crippen LogP contribution >= 0.6 is 0 Å². The molecule has 2 aromatic carbocycles. The van der Waals surface area contributed by atoms with Crippen molar-refractivity contribution in [2.24, 2.45) is 10.9 Å². The van der Waals surface area contributed by atoms with Gasteiger partial charge in [0.1, 0.15) is 5.70 Å². The van der Waals surface area contributed by atoms with Crippen LogP contribution < -0.4 is 0 Å². The number of rotatable bonds is 4. The van der Waals surface area contributed by atoms with Gasteiger partial charge in [0.25, 0.3) is 5.91 Å². The number of carbonyl (C=O) groups excluding carboxylic acids is 1. The fraction of sp³-hybridized carbons (Fsp3) is 0.360. The van der Waals surface area contributed by atoms with Gasteiger partial charge < -0.3 is 9.80 Å². The predicted octanol–water partition coefficient (Wildman–Crippen LogP) is 4.38. The van der Waals surface area contributed by atoms with Crippen LogP contribution in [-0.4, -0.2) is 41.6 Å². The van der Waals surface area contributed by atoms with Gasteiger partial charge >= 0.3 is 0 Å². The second-order valence-corrected chi connectivity index (χ2v) is 8.34. The quantitative estimate of drug-likeness (QED) is 0.781. The van der Waals surface area contributed by atoms with E-state index in [1.807, 2.05) is 30.1 Å². The molecule has 4 nitrogen and oxygen atoms in total. The van der Waals surface area contributed by atoms with Crippen molar-refractivity contribution in [2.75, 3.05) is 20.1 Å². The summed E-state index contributed by atoms with van der Waals surface area (Å²) in [5, 5.41) is 0. The summed E-state index contributed by atoms with van der Waals surface area (Å²) in [5.74, 6) is 0.371. The molecule has 0 N–H and O–H groups in total. The molecule has 1 amide bonds. The zero-order valence-electron chi connectivity index (χ0n) is 17.7. The highest BCUT2D eigenvalue weighted by atomic mass is 16.2. The third-order valence-electron chi connectivity index (χ3n) is 5.81. The highest BCUT2D eigenvalue weighted by molar-refractivity contribution is 6.13. The van der Waals surface area contributed by atoms with E-state index in [1.165, 1.54) is 5.56 Å². The van der Waals surface area contributed by atoms with E-state index in [4.69, 9.17) is 4.99 Å². The Kier molecular flexibility index (Phi) is 5.27. The van der Waals surface area contributed by atoms with E-state index in [2.05, 4.69) is 62.1 Å². The highest BCUT2D eigenvalue weighted by Crippen LogP contribution is 2.42. The molecule has 2 aliphatic rings. The Morgan fingerprint density at radius 2 is 1.76 bits per heavy atom. The summed E-state index contributed by atoms with van der Waals surface area (Å²) >= 11 is 0. The minimum atomic E-state index is -0.111. The Labute approximate surface area is 173 Å². The van der Waals surface area contributed by atoms with Crippen LogP contribution in [-0.2, 0) is 11.3 Å². The van der Waals surface area contributed by atoms with Gasteiger partial charge in [0, 0.05) is 31.4 Å². The largest absolute Gasteiger partial charge is 0.368 e. The van der Waals surface area contributed by atoms with Gasteiger partial charge in [-0.25, -0.2) is 0 Å². The van der Waals surface area contributed by atoms with Crippen molar-refractivity contribution in [1.29, 1.82) is 0 Å². The molecule has 2 aliphatic heterocycles. The molecule has 4 heteroatoms. The van der Waals surface area contributed by atoms with Crippen molar-refractivity contribution in [1.82, 2.24) is 9.80 Å². The zero-order valence-corrected chi connectivity index (χ0v) is 17.7. The fourth-order valence-corrected chi connectivity index (χ4v) is 4.33. The lowest BCUT2D eigenvalue weighted by Crippen LogP contribution is -2.34. The van der Waals surface area contributed by atoms with Crippen molar-refractivity contribution in [2.45, 2.75) is 33.4 Å². The number of aryl methyl sites for hydroxylation is 1. The summed E-state index contributed by atoms with van der Waals surface area (Å²) in [6.45, 7) is 8.52. The Hall–Kier alpha value is -2.88. The lowest BCUT2D eigenvalue weighted by Gasteiger charge is -2.29. The van der Waals surface area contributed by atoms with E-state index in [0.29, 0.717) is 6.54 Å². The molecule has 29 heavy (non-hydrogen) atoms. The maximum Gasteiger partial charge on any atom is 0.271 e. The zero-order chi connectivity index (χ0) is 20.5. The van der Waals surface area contributed by atoms with Gasteiger partial charge in [-0.05, 0) is 24.0 Å². The predicted molar refractivity (Wildman–Crippen MR) is 118 cm³/mol. The molecule has 2 heterocycles. The number of nitrogens with zero attached hydrogens (tertiary/aromatic N) is 3. The molecule has 0 saturated heterocycles. The van der Waals surface area contributed by atoms with Gasteiger partial charge in [0.05, 0.1) is 12.6 Å². The standard InChI is InChI=1S/C25H29N3O/c1-17(2)22-21-23(20-12-10-18(3)11-13-20)28(16-19-8-6-5-7-9-19)25(29)24(21)27(4)15-14-26-22/h5-13,17,23H,14-16H2,1-4H3. The summed E-state index contributed by atoms with van der Waals surface area (Å²) in [4.78, 5) is 22.7. The van der Waals surface area contributed by atoms with Crippen molar-refractivity contribution < 1.29 is 4.79 Å². The summed E-state index contributed by atoms with van der Waals surface area (Å²) < 4.78 is 0. The van der Waals surface area contributed by atoms with Crippen LogP contribution in [0.2, 0.25) is 0 Å². The molecular formula is C25H29N3O. The molecule has 0 fully saturated rings. The van der Waals surface area contributed by atoms with Crippen molar-refractivity contribution >= 4 is 11.6 Å². The van der Waals surface area contributed by atoms with Crippen LogP contribution in [0, 0.1) is 12.8 Å². The first-order valence-electron chi connectivity index (χ1n) is 10.4. The Morgan fingerprint density at radius 3 is 2.41 bits per heavy atom. The average molecular weight is 388 g/mol. The fourth-order valence-electron chi connectivity index (χ4n) is 4.33. The molecule has 0 saturated carbocycles. The van der Waals surface area contributed by atoms with Crippen LogP contribution in [0.3, 0.4) is 0 Å². The number of carbonyl (C=O) groups is 1. The summed E-state index contributed by atoms with van der Waals surface area (Å²) in [5.41, 5.74) is 6.48. The van der Waals surface area contributed by atoms with E-state index in [0.717, 1.165) is 41.2 Å². The van der Waals surface area contributed by atoms with E-state index in [9.17, 15) is 4.79 Å². The lowest BCUT2D eigenvalue weighted by atomic mass is 9.89. The SMILES string of the molecule is Cc1ccc(C2C3=C(C(=O)N2Cc2ccccc2)N(C)CCN=C3C(C)C)cc1. The molecule has 1 atom stereocenters. The van der Waals surface area contributed by atoms with Crippen LogP contribution in [0.15, 0.2) is 70.9 Å². The number of likely N-dealkylation sites (N-methyl/N-ethyl adjacent to an activating group) is 1. The minimum absolute atomic E-state index is 0.104. The third kappa shape index (κ3) is 3.59. The second-order valence-electron chi connectivity index (χ2n) is 8.34. The van der Waals surface area contributed by atoms with Crippen LogP contribution in [0.5, 0.6) is 0 Å². The van der Waals surface area contributed by atoms with Crippen LogP contribution in [0.1, 0.15) is 36.6 Å². The van der Waals surface area contributed by atoms with Gasteiger partial charge in [-0.1, -0.05) is 74.0 Å². The molecular weight excluding hydrogens is 358 g/mol. The molecule has 0 bridgehead atoms. The van der Waals surface area contributed by atoms with Crippen molar-refractivity contribution in [3.05, 3.63) is 82.6 Å². The van der Waals surface area contributed by atoms with Crippen molar-refractivity contribution in [3.63, 3.8) is 0 Å². The van der Waals surface area contributed by atoms with Gasteiger partial charge in [0.2, 0.25) is 0 Å². The first-order chi connectivity index (χ1) is 14.0. The first kappa shape index (κ1) is 19.4. The third-order valence-corrected chi connectivity index (χ3v) is 5.81. The molecule has 0 radical (unpaired) electrons. The first-order valence-corrected chi connectivity index (χ1v) is 10.4. The van der Waals surface area contributed by atoms with Gasteiger partial charge in [-0.2, -0.15) is 0 Å². The Morgan fingerprint density at radius 1 is 1.07 bits per heavy atom. The molecule has 4 rings (SSSR count). The normalized spacial score (nSPS) is 19.6. The Balaban J connectivity index is 1.87.